The summed E-state index contributed by atoms with van der Waals surface area (Å²) in [4.78, 5) is 13.3. The van der Waals surface area contributed by atoms with E-state index in [1.165, 1.54) is 0 Å². The van der Waals surface area contributed by atoms with Gasteiger partial charge in [0.15, 0.2) is 0 Å². The van der Waals surface area contributed by atoms with Gasteiger partial charge in [0.1, 0.15) is 0 Å². The molecule has 1 amide bonds. The molecule has 86 valence electrons. The fourth-order valence-electron chi connectivity index (χ4n) is 2.23. The summed E-state index contributed by atoms with van der Waals surface area (Å²) < 4.78 is 0. The van der Waals surface area contributed by atoms with Gasteiger partial charge in [-0.15, -0.1) is 0 Å². The second-order valence-electron chi connectivity index (χ2n) is 4.23. The number of nitrogens with zero attached hydrogens (tertiary/aromatic N) is 1. The average molecular weight is 219 g/mol. The second kappa shape index (κ2) is 4.53. The molecule has 1 aliphatic heterocycles. The van der Waals surface area contributed by atoms with Gasteiger partial charge in [-0.25, -0.2) is 0 Å². The Labute approximate surface area is 95.2 Å². The summed E-state index contributed by atoms with van der Waals surface area (Å²) in [6, 6.07) is 7.62. The number of nitrogens with two attached hydrogens (primary N) is 2. The minimum atomic E-state index is -0.230. The Morgan fingerprint density at radius 3 is 2.88 bits per heavy atom. The maximum absolute atomic E-state index is 11.2. The van der Waals surface area contributed by atoms with Crippen molar-refractivity contribution in [2.75, 3.05) is 12.3 Å². The quantitative estimate of drug-likeness (QED) is 0.736. The van der Waals surface area contributed by atoms with Gasteiger partial charge in [0, 0.05) is 12.2 Å². The molecule has 0 spiro atoms. The fourth-order valence-corrected chi connectivity index (χ4v) is 2.23. The van der Waals surface area contributed by atoms with Crippen molar-refractivity contribution in [3.8, 4) is 0 Å². The summed E-state index contributed by atoms with van der Waals surface area (Å²) in [6.07, 6.45) is 1.89. The molecule has 0 aromatic heterocycles. The van der Waals surface area contributed by atoms with E-state index in [0.29, 0.717) is 6.54 Å². The van der Waals surface area contributed by atoms with E-state index in [2.05, 4.69) is 4.90 Å². The lowest BCUT2D eigenvalue weighted by Gasteiger charge is -2.22. The van der Waals surface area contributed by atoms with Gasteiger partial charge in [-0.3, -0.25) is 9.69 Å². The topological polar surface area (TPSA) is 72.4 Å². The number of hydrogen-bond donors (Lipinski definition) is 2. The Kier molecular flexibility index (Phi) is 3.10. The van der Waals surface area contributed by atoms with Crippen LogP contribution in [0.15, 0.2) is 24.3 Å². The minimum Gasteiger partial charge on any atom is -0.398 e. The van der Waals surface area contributed by atoms with Crippen molar-refractivity contribution >= 4 is 11.6 Å². The number of rotatable bonds is 3. The van der Waals surface area contributed by atoms with Gasteiger partial charge >= 0.3 is 0 Å². The molecule has 1 saturated heterocycles. The van der Waals surface area contributed by atoms with E-state index in [4.69, 9.17) is 11.5 Å². The molecule has 1 atom stereocenters. The Morgan fingerprint density at radius 1 is 1.44 bits per heavy atom. The van der Waals surface area contributed by atoms with E-state index in [9.17, 15) is 4.79 Å². The van der Waals surface area contributed by atoms with Crippen LogP contribution in [0.3, 0.4) is 0 Å². The maximum Gasteiger partial charge on any atom is 0.234 e. The Bertz CT molecular complexity index is 392. The second-order valence-corrected chi connectivity index (χ2v) is 4.23. The molecule has 0 saturated carbocycles. The third-order valence-corrected chi connectivity index (χ3v) is 3.12. The summed E-state index contributed by atoms with van der Waals surface area (Å²) in [5.41, 5.74) is 13.1. The first kappa shape index (κ1) is 11.0. The molecule has 1 aromatic carbocycles. The van der Waals surface area contributed by atoms with Crippen LogP contribution in [0.2, 0.25) is 0 Å². The molecule has 0 radical (unpaired) electrons. The van der Waals surface area contributed by atoms with Gasteiger partial charge in [-0.1, -0.05) is 18.2 Å². The number of primary amides is 1. The fraction of sp³-hybridized carbons (Fsp3) is 0.417. The van der Waals surface area contributed by atoms with Crippen LogP contribution in [0, 0.1) is 0 Å². The van der Waals surface area contributed by atoms with Crippen LogP contribution in [0.1, 0.15) is 18.4 Å². The third kappa shape index (κ3) is 2.17. The van der Waals surface area contributed by atoms with E-state index >= 15 is 0 Å². The van der Waals surface area contributed by atoms with Crippen LogP contribution in [-0.4, -0.2) is 23.4 Å². The van der Waals surface area contributed by atoms with Crippen molar-refractivity contribution in [2.24, 2.45) is 5.73 Å². The number of nitrogen functional groups attached to an aromatic ring is 1. The molecular formula is C12H17N3O. The van der Waals surface area contributed by atoms with E-state index in [1.54, 1.807) is 0 Å². The lowest BCUT2D eigenvalue weighted by molar-refractivity contribution is -0.122. The lowest BCUT2D eigenvalue weighted by Crippen LogP contribution is -2.39. The molecule has 4 heteroatoms. The number of likely N-dealkylation sites (tertiary alicyclic amines) is 1. The number of carbonyl (C=O) groups excluding carboxylic acids is 1. The van der Waals surface area contributed by atoms with Gasteiger partial charge < -0.3 is 11.5 Å². The Balaban J connectivity index is 2.10. The van der Waals surface area contributed by atoms with Crippen molar-refractivity contribution < 1.29 is 4.79 Å². The zero-order valence-electron chi connectivity index (χ0n) is 9.23. The van der Waals surface area contributed by atoms with Gasteiger partial charge in [-0.05, 0) is 31.0 Å². The summed E-state index contributed by atoms with van der Waals surface area (Å²) >= 11 is 0. The monoisotopic (exact) mass is 219 g/mol. The summed E-state index contributed by atoms with van der Waals surface area (Å²) in [5.74, 6) is -0.230. The number of anilines is 1. The highest BCUT2D eigenvalue weighted by atomic mass is 16.1. The van der Waals surface area contributed by atoms with Gasteiger partial charge in [0.2, 0.25) is 5.91 Å². The normalized spacial score (nSPS) is 21.1. The molecule has 1 aliphatic rings. The molecule has 2 rings (SSSR count). The van der Waals surface area contributed by atoms with E-state index in [0.717, 1.165) is 30.6 Å². The van der Waals surface area contributed by atoms with Crippen molar-refractivity contribution in [3.63, 3.8) is 0 Å². The molecule has 1 aromatic rings. The number of amides is 1. The first-order valence-electron chi connectivity index (χ1n) is 5.55. The SMILES string of the molecule is NC(=O)[C@@H]1CCCN1Cc1ccccc1N. The molecule has 0 unspecified atom stereocenters. The summed E-state index contributed by atoms with van der Waals surface area (Å²) in [6.45, 7) is 1.63. The summed E-state index contributed by atoms with van der Waals surface area (Å²) in [7, 11) is 0. The Hall–Kier alpha value is -1.55. The van der Waals surface area contributed by atoms with E-state index in [-0.39, 0.29) is 11.9 Å². The number of para-hydroxylation sites is 1. The molecule has 4 N–H and O–H groups in total. The van der Waals surface area contributed by atoms with Gasteiger partial charge in [-0.2, -0.15) is 0 Å². The van der Waals surface area contributed by atoms with E-state index in [1.807, 2.05) is 24.3 Å². The van der Waals surface area contributed by atoms with Crippen LogP contribution in [-0.2, 0) is 11.3 Å². The highest BCUT2D eigenvalue weighted by Crippen LogP contribution is 2.22. The predicted molar refractivity (Wildman–Crippen MR) is 63.5 cm³/mol. The predicted octanol–water partition coefficient (Wildman–Crippen LogP) is 0.718. The van der Waals surface area contributed by atoms with Crippen LogP contribution < -0.4 is 11.5 Å². The molecule has 16 heavy (non-hydrogen) atoms. The van der Waals surface area contributed by atoms with Crippen LogP contribution in [0.4, 0.5) is 5.69 Å². The van der Waals surface area contributed by atoms with Crippen molar-refractivity contribution in [1.82, 2.24) is 4.90 Å². The van der Waals surface area contributed by atoms with Crippen molar-refractivity contribution in [2.45, 2.75) is 25.4 Å². The summed E-state index contributed by atoms with van der Waals surface area (Å²) in [5, 5.41) is 0. The Morgan fingerprint density at radius 2 is 2.19 bits per heavy atom. The van der Waals surface area contributed by atoms with Crippen LogP contribution in [0.5, 0.6) is 0 Å². The smallest absolute Gasteiger partial charge is 0.234 e. The number of carbonyl (C=O) groups is 1. The first-order valence-corrected chi connectivity index (χ1v) is 5.55. The van der Waals surface area contributed by atoms with Crippen molar-refractivity contribution in [3.05, 3.63) is 29.8 Å². The average Bonchev–Trinajstić information content (AvgIpc) is 2.69. The molecule has 0 aliphatic carbocycles. The molecule has 1 heterocycles. The molecule has 1 fully saturated rings. The molecule has 4 nitrogen and oxygen atoms in total. The first-order chi connectivity index (χ1) is 7.68. The highest BCUT2D eigenvalue weighted by molar-refractivity contribution is 5.80. The third-order valence-electron chi connectivity index (χ3n) is 3.12. The molecule has 0 bridgehead atoms. The highest BCUT2D eigenvalue weighted by Gasteiger charge is 2.28. The zero-order chi connectivity index (χ0) is 11.5. The van der Waals surface area contributed by atoms with E-state index < -0.39 is 0 Å². The van der Waals surface area contributed by atoms with Crippen LogP contribution in [0.25, 0.3) is 0 Å². The maximum atomic E-state index is 11.2. The zero-order valence-corrected chi connectivity index (χ0v) is 9.23. The largest absolute Gasteiger partial charge is 0.398 e. The van der Waals surface area contributed by atoms with Gasteiger partial charge in [0.25, 0.3) is 0 Å². The van der Waals surface area contributed by atoms with Gasteiger partial charge in [0.05, 0.1) is 6.04 Å². The lowest BCUT2D eigenvalue weighted by atomic mass is 10.1. The number of hydrogen-bond acceptors (Lipinski definition) is 3. The molecular weight excluding hydrogens is 202 g/mol. The minimum absolute atomic E-state index is 0.125. The van der Waals surface area contributed by atoms with Crippen molar-refractivity contribution in [1.29, 1.82) is 0 Å². The van der Waals surface area contributed by atoms with Crippen LogP contribution >= 0.6 is 0 Å². The standard InChI is InChI=1S/C12H17N3O/c13-10-5-2-1-4-9(10)8-15-7-3-6-11(15)12(14)16/h1-2,4-5,11H,3,6-8,13H2,(H2,14,16)/t11-/m0/s1. The number of benzene rings is 1.